The highest BCUT2D eigenvalue weighted by molar-refractivity contribution is 5.82. The summed E-state index contributed by atoms with van der Waals surface area (Å²) in [5.74, 6) is 0.244. The molecule has 0 aliphatic heterocycles. The minimum atomic E-state index is -4.40. The Balaban J connectivity index is 1.76. The number of rotatable bonds is 5. The van der Waals surface area contributed by atoms with Crippen LogP contribution in [0.2, 0.25) is 0 Å². The first-order chi connectivity index (χ1) is 13.3. The monoisotopic (exact) mass is 386 g/mol. The number of hydrazone groups is 1. The first-order valence-corrected chi connectivity index (χ1v) is 8.90. The zero-order valence-corrected chi connectivity index (χ0v) is 15.9. The molecule has 0 saturated carbocycles. The molecule has 0 atom stereocenters. The molecular weight excluding hydrogens is 365 g/mol. The van der Waals surface area contributed by atoms with E-state index in [0.29, 0.717) is 0 Å². The number of aromatic nitrogens is 2. The molecule has 0 unspecified atom stereocenters. The van der Waals surface area contributed by atoms with Crippen LogP contribution >= 0.6 is 0 Å². The topological polar surface area (TPSA) is 42.2 Å². The van der Waals surface area contributed by atoms with Crippen molar-refractivity contribution in [1.29, 1.82) is 0 Å². The molecule has 0 amide bonds. The van der Waals surface area contributed by atoms with Crippen LogP contribution in [0.4, 0.5) is 19.0 Å². The van der Waals surface area contributed by atoms with Gasteiger partial charge in [0.25, 0.3) is 0 Å². The predicted octanol–water partition coefficient (Wildman–Crippen LogP) is 5.52. The molecule has 0 bridgehead atoms. The lowest BCUT2D eigenvalue weighted by Crippen LogP contribution is -2.05. The Labute approximate surface area is 161 Å². The van der Waals surface area contributed by atoms with E-state index in [1.807, 2.05) is 19.9 Å². The highest BCUT2D eigenvalue weighted by Gasteiger charge is 2.30. The summed E-state index contributed by atoms with van der Waals surface area (Å²) in [5.41, 5.74) is 7.22. The molecule has 2 aromatic heterocycles. The average Bonchev–Trinajstić information content (AvgIpc) is 2.95. The van der Waals surface area contributed by atoms with Gasteiger partial charge in [0.2, 0.25) is 0 Å². The van der Waals surface area contributed by atoms with Gasteiger partial charge in [-0.25, -0.2) is 4.98 Å². The van der Waals surface area contributed by atoms with Crippen LogP contribution in [-0.2, 0) is 12.6 Å². The van der Waals surface area contributed by atoms with Gasteiger partial charge in [-0.05, 0) is 56.2 Å². The van der Waals surface area contributed by atoms with Crippen molar-refractivity contribution < 1.29 is 13.2 Å². The zero-order chi connectivity index (χ0) is 20.3. The molecule has 7 heteroatoms. The quantitative estimate of drug-likeness (QED) is 0.464. The largest absolute Gasteiger partial charge is 0.417 e. The second-order valence-corrected chi connectivity index (χ2v) is 6.48. The summed E-state index contributed by atoms with van der Waals surface area (Å²) >= 11 is 0. The van der Waals surface area contributed by atoms with E-state index >= 15 is 0 Å². The average molecular weight is 386 g/mol. The van der Waals surface area contributed by atoms with E-state index in [1.54, 1.807) is 6.21 Å². The van der Waals surface area contributed by atoms with Gasteiger partial charge in [-0.3, -0.25) is 5.43 Å². The number of hydrogen-bond acceptors (Lipinski definition) is 3. The Morgan fingerprint density at radius 3 is 2.39 bits per heavy atom. The van der Waals surface area contributed by atoms with E-state index in [4.69, 9.17) is 0 Å². The molecule has 28 heavy (non-hydrogen) atoms. The summed E-state index contributed by atoms with van der Waals surface area (Å²) in [6, 6.07) is 12.6. The van der Waals surface area contributed by atoms with Gasteiger partial charge in [0.15, 0.2) is 0 Å². The molecule has 1 N–H and O–H groups in total. The maximum atomic E-state index is 12.6. The number of benzene rings is 1. The van der Waals surface area contributed by atoms with Crippen molar-refractivity contribution in [2.24, 2.45) is 5.10 Å². The fourth-order valence-electron chi connectivity index (χ4n) is 2.99. The van der Waals surface area contributed by atoms with Crippen molar-refractivity contribution in [3.05, 3.63) is 76.7 Å². The van der Waals surface area contributed by atoms with E-state index in [2.05, 4.69) is 51.3 Å². The first-order valence-electron chi connectivity index (χ1n) is 8.90. The Bertz CT molecular complexity index is 969. The predicted molar refractivity (Wildman–Crippen MR) is 105 cm³/mol. The van der Waals surface area contributed by atoms with Gasteiger partial charge in [-0.15, -0.1) is 0 Å². The van der Waals surface area contributed by atoms with Crippen molar-refractivity contribution in [2.75, 3.05) is 5.43 Å². The van der Waals surface area contributed by atoms with Crippen molar-refractivity contribution in [2.45, 2.75) is 33.4 Å². The summed E-state index contributed by atoms with van der Waals surface area (Å²) < 4.78 is 39.8. The van der Waals surface area contributed by atoms with Crippen molar-refractivity contribution in [1.82, 2.24) is 9.55 Å². The maximum Gasteiger partial charge on any atom is 0.417 e. The van der Waals surface area contributed by atoms with Crippen molar-refractivity contribution in [3.8, 4) is 5.69 Å². The molecule has 0 aliphatic carbocycles. The molecule has 4 nitrogen and oxygen atoms in total. The van der Waals surface area contributed by atoms with Gasteiger partial charge in [0, 0.05) is 28.8 Å². The summed E-state index contributed by atoms with van der Waals surface area (Å²) in [6.07, 6.45) is -0.991. The molecule has 0 spiro atoms. The van der Waals surface area contributed by atoms with Crippen LogP contribution in [0.1, 0.15) is 35.0 Å². The normalized spacial score (nSPS) is 11.9. The van der Waals surface area contributed by atoms with Gasteiger partial charge in [-0.2, -0.15) is 18.3 Å². The second-order valence-electron chi connectivity index (χ2n) is 6.48. The van der Waals surface area contributed by atoms with E-state index in [0.717, 1.165) is 41.3 Å². The molecule has 0 aliphatic rings. The fraction of sp³-hybridized carbons (Fsp3) is 0.238. The SMILES string of the molecule is CCc1ccc(-n2c(C)cc(/C=N/Nc3ccc(C(F)(F)F)cn3)c2C)cc1. The molecule has 2 heterocycles. The smallest absolute Gasteiger partial charge is 0.318 e. The fourth-order valence-corrected chi connectivity index (χ4v) is 2.99. The highest BCUT2D eigenvalue weighted by Crippen LogP contribution is 2.28. The Morgan fingerprint density at radius 1 is 1.11 bits per heavy atom. The lowest BCUT2D eigenvalue weighted by molar-refractivity contribution is -0.137. The van der Waals surface area contributed by atoms with E-state index in [-0.39, 0.29) is 5.82 Å². The van der Waals surface area contributed by atoms with Crippen LogP contribution in [-0.4, -0.2) is 15.8 Å². The standard InChI is InChI=1S/C21H21F3N4/c1-4-16-5-8-19(9-6-16)28-14(2)11-17(15(28)3)12-26-27-20-10-7-18(13-25-20)21(22,23)24/h5-13H,4H2,1-3H3,(H,25,27)/b26-12+. The number of nitrogens with zero attached hydrogens (tertiary/aromatic N) is 3. The molecule has 3 aromatic rings. The number of aryl methyl sites for hydroxylation is 2. The van der Waals surface area contributed by atoms with Gasteiger partial charge in [-0.1, -0.05) is 19.1 Å². The van der Waals surface area contributed by atoms with Gasteiger partial charge < -0.3 is 4.57 Å². The first kappa shape index (κ1) is 19.7. The van der Waals surface area contributed by atoms with Crippen LogP contribution in [0.3, 0.4) is 0 Å². The van der Waals surface area contributed by atoms with Crippen molar-refractivity contribution in [3.63, 3.8) is 0 Å². The Kier molecular flexibility index (Phi) is 5.53. The van der Waals surface area contributed by atoms with Gasteiger partial charge in [0.05, 0.1) is 11.8 Å². The van der Waals surface area contributed by atoms with Gasteiger partial charge in [0.1, 0.15) is 5.82 Å². The number of halogens is 3. The Hall–Kier alpha value is -3.09. The molecule has 0 saturated heterocycles. The third kappa shape index (κ3) is 4.24. The van der Waals surface area contributed by atoms with Crippen LogP contribution in [0.15, 0.2) is 53.8 Å². The Morgan fingerprint density at radius 2 is 1.82 bits per heavy atom. The van der Waals surface area contributed by atoms with Crippen LogP contribution < -0.4 is 5.43 Å². The van der Waals surface area contributed by atoms with Crippen LogP contribution in [0.25, 0.3) is 5.69 Å². The molecule has 146 valence electrons. The number of hydrogen-bond donors (Lipinski definition) is 1. The summed E-state index contributed by atoms with van der Waals surface area (Å²) in [6.45, 7) is 6.13. The summed E-state index contributed by atoms with van der Waals surface area (Å²) in [4.78, 5) is 3.74. The number of alkyl halides is 3. The maximum absolute atomic E-state index is 12.6. The number of anilines is 1. The van der Waals surface area contributed by atoms with Crippen LogP contribution in [0.5, 0.6) is 0 Å². The number of nitrogens with one attached hydrogen (secondary N) is 1. The van der Waals surface area contributed by atoms with E-state index in [1.165, 1.54) is 11.6 Å². The summed E-state index contributed by atoms with van der Waals surface area (Å²) in [5, 5.41) is 4.11. The zero-order valence-electron chi connectivity index (χ0n) is 15.9. The van der Waals surface area contributed by atoms with E-state index in [9.17, 15) is 13.2 Å². The third-order valence-corrected chi connectivity index (χ3v) is 4.55. The minimum Gasteiger partial charge on any atom is -0.318 e. The lowest BCUT2D eigenvalue weighted by atomic mass is 10.1. The van der Waals surface area contributed by atoms with Crippen LogP contribution in [0, 0.1) is 13.8 Å². The molecule has 3 rings (SSSR count). The lowest BCUT2D eigenvalue weighted by Gasteiger charge is -2.10. The molecule has 1 aromatic carbocycles. The molecular formula is C21H21F3N4. The van der Waals surface area contributed by atoms with Crippen molar-refractivity contribution >= 4 is 12.0 Å². The highest BCUT2D eigenvalue weighted by atomic mass is 19.4. The van der Waals surface area contributed by atoms with E-state index < -0.39 is 11.7 Å². The van der Waals surface area contributed by atoms with Gasteiger partial charge >= 0.3 is 6.18 Å². The molecule has 0 radical (unpaired) electrons. The third-order valence-electron chi connectivity index (χ3n) is 4.55. The number of pyridine rings is 1. The summed E-state index contributed by atoms with van der Waals surface area (Å²) in [7, 11) is 0. The molecule has 0 fully saturated rings. The second kappa shape index (κ2) is 7.88. The minimum absolute atomic E-state index is 0.244.